The molecule has 0 radical (unpaired) electrons. The average molecular weight is 263 g/mol. The molecule has 1 aromatic rings. The lowest BCUT2D eigenvalue weighted by Crippen LogP contribution is -2.36. The molecule has 1 saturated carbocycles. The van der Waals surface area contributed by atoms with Gasteiger partial charge >= 0.3 is 0 Å². The zero-order valence-corrected chi connectivity index (χ0v) is 11.3. The second-order valence-electron chi connectivity index (χ2n) is 4.92. The molecule has 0 bridgehead atoms. The van der Waals surface area contributed by atoms with Crippen molar-refractivity contribution in [2.75, 3.05) is 32.5 Å². The standard InChI is InChI=1S/C14H21N3O2/c1-17(12-4-5-12)9-8-16-14(18)10-19-13-6-2-11(15)3-7-13/h2-3,6-7,12H,4-5,8-10,15H2,1H3,(H,16,18). The van der Waals surface area contributed by atoms with Crippen molar-refractivity contribution in [2.24, 2.45) is 0 Å². The maximum absolute atomic E-state index is 11.6. The van der Waals surface area contributed by atoms with Gasteiger partial charge in [0, 0.05) is 24.8 Å². The molecular weight excluding hydrogens is 242 g/mol. The molecule has 0 aliphatic heterocycles. The van der Waals surface area contributed by atoms with E-state index >= 15 is 0 Å². The third-order valence-electron chi connectivity index (χ3n) is 3.21. The van der Waals surface area contributed by atoms with Crippen LogP contribution in [0.1, 0.15) is 12.8 Å². The molecule has 5 heteroatoms. The van der Waals surface area contributed by atoms with Crippen molar-refractivity contribution in [3.8, 4) is 5.75 Å². The summed E-state index contributed by atoms with van der Waals surface area (Å²) in [4.78, 5) is 13.8. The minimum absolute atomic E-state index is 0.0388. The topological polar surface area (TPSA) is 67.6 Å². The molecule has 1 aliphatic rings. The molecule has 3 N–H and O–H groups in total. The molecule has 19 heavy (non-hydrogen) atoms. The number of anilines is 1. The van der Waals surface area contributed by atoms with Gasteiger partial charge in [0.2, 0.25) is 0 Å². The lowest BCUT2D eigenvalue weighted by atomic mass is 10.3. The first-order valence-electron chi connectivity index (χ1n) is 6.60. The molecule has 2 rings (SSSR count). The van der Waals surface area contributed by atoms with Crippen LogP contribution in [0.25, 0.3) is 0 Å². The zero-order valence-electron chi connectivity index (χ0n) is 11.3. The molecule has 0 atom stereocenters. The molecule has 0 spiro atoms. The van der Waals surface area contributed by atoms with Crippen LogP contribution >= 0.6 is 0 Å². The minimum Gasteiger partial charge on any atom is -0.484 e. The summed E-state index contributed by atoms with van der Waals surface area (Å²) in [6.07, 6.45) is 2.56. The first-order valence-corrected chi connectivity index (χ1v) is 6.60. The summed E-state index contributed by atoms with van der Waals surface area (Å²) < 4.78 is 5.36. The van der Waals surface area contributed by atoms with Crippen LogP contribution in [-0.4, -0.2) is 43.6 Å². The first-order chi connectivity index (χ1) is 9.15. The smallest absolute Gasteiger partial charge is 0.257 e. The van der Waals surface area contributed by atoms with E-state index in [0.29, 0.717) is 18.0 Å². The number of likely N-dealkylation sites (N-methyl/N-ethyl adjacent to an activating group) is 1. The molecule has 1 amide bonds. The molecule has 104 valence electrons. The fourth-order valence-corrected chi connectivity index (χ4v) is 1.83. The van der Waals surface area contributed by atoms with Crippen LogP contribution in [-0.2, 0) is 4.79 Å². The summed E-state index contributed by atoms with van der Waals surface area (Å²) in [5, 5.41) is 2.85. The fraction of sp³-hybridized carbons (Fsp3) is 0.500. The van der Waals surface area contributed by atoms with Crippen molar-refractivity contribution in [3.63, 3.8) is 0 Å². The number of hydrogen-bond acceptors (Lipinski definition) is 4. The van der Waals surface area contributed by atoms with Crippen molar-refractivity contribution in [1.29, 1.82) is 0 Å². The summed E-state index contributed by atoms with van der Waals surface area (Å²) in [5.41, 5.74) is 6.25. The van der Waals surface area contributed by atoms with E-state index in [1.807, 2.05) is 0 Å². The maximum atomic E-state index is 11.6. The lowest BCUT2D eigenvalue weighted by Gasteiger charge is -2.15. The van der Waals surface area contributed by atoms with Crippen LogP contribution < -0.4 is 15.8 Å². The van der Waals surface area contributed by atoms with Crippen molar-refractivity contribution >= 4 is 11.6 Å². The first kappa shape index (κ1) is 13.7. The predicted octanol–water partition coefficient (Wildman–Crippen LogP) is 0.858. The summed E-state index contributed by atoms with van der Waals surface area (Å²) in [6.45, 7) is 1.59. The number of amides is 1. The zero-order chi connectivity index (χ0) is 13.7. The Kier molecular flexibility index (Phi) is 4.63. The molecule has 1 aliphatic carbocycles. The predicted molar refractivity (Wildman–Crippen MR) is 75.0 cm³/mol. The van der Waals surface area contributed by atoms with E-state index < -0.39 is 0 Å². The van der Waals surface area contributed by atoms with Gasteiger partial charge in [0.1, 0.15) is 5.75 Å². The summed E-state index contributed by atoms with van der Waals surface area (Å²) in [6, 6.07) is 7.73. The van der Waals surface area contributed by atoms with Crippen molar-refractivity contribution in [2.45, 2.75) is 18.9 Å². The highest BCUT2D eigenvalue weighted by Crippen LogP contribution is 2.24. The van der Waals surface area contributed by atoms with Gasteiger partial charge < -0.3 is 20.7 Å². The molecule has 1 aromatic carbocycles. The van der Waals surface area contributed by atoms with E-state index in [1.165, 1.54) is 12.8 Å². The van der Waals surface area contributed by atoms with Crippen molar-refractivity contribution in [3.05, 3.63) is 24.3 Å². The highest BCUT2D eigenvalue weighted by atomic mass is 16.5. The molecule has 0 heterocycles. The Hall–Kier alpha value is -1.75. The molecular formula is C14H21N3O2. The molecule has 0 unspecified atom stereocenters. The van der Waals surface area contributed by atoms with Crippen LogP contribution in [0.4, 0.5) is 5.69 Å². The van der Waals surface area contributed by atoms with E-state index in [4.69, 9.17) is 10.5 Å². The summed E-state index contributed by atoms with van der Waals surface area (Å²) in [7, 11) is 2.09. The Morgan fingerprint density at radius 1 is 1.42 bits per heavy atom. The number of rotatable bonds is 7. The normalized spacial score (nSPS) is 14.4. The van der Waals surface area contributed by atoms with Crippen LogP contribution in [0.2, 0.25) is 0 Å². The Morgan fingerprint density at radius 2 is 2.11 bits per heavy atom. The Labute approximate surface area is 113 Å². The third-order valence-corrected chi connectivity index (χ3v) is 3.21. The van der Waals surface area contributed by atoms with Gasteiger partial charge in [0.25, 0.3) is 5.91 Å². The Bertz CT molecular complexity index is 415. The summed E-state index contributed by atoms with van der Waals surface area (Å²) in [5.74, 6) is 0.556. The number of carbonyl (C=O) groups is 1. The Balaban J connectivity index is 1.60. The number of hydrogen-bond donors (Lipinski definition) is 2. The van der Waals surface area contributed by atoms with Gasteiger partial charge in [-0.2, -0.15) is 0 Å². The number of carbonyl (C=O) groups excluding carboxylic acids is 1. The Morgan fingerprint density at radius 3 is 2.74 bits per heavy atom. The van der Waals surface area contributed by atoms with Crippen LogP contribution in [0, 0.1) is 0 Å². The number of nitrogen functional groups attached to an aromatic ring is 1. The number of ether oxygens (including phenoxy) is 1. The lowest BCUT2D eigenvalue weighted by molar-refractivity contribution is -0.123. The van der Waals surface area contributed by atoms with Gasteiger partial charge in [-0.05, 0) is 44.2 Å². The van der Waals surface area contributed by atoms with Crippen LogP contribution in [0.5, 0.6) is 5.75 Å². The number of nitrogens with two attached hydrogens (primary N) is 1. The minimum atomic E-state index is -0.0963. The van der Waals surface area contributed by atoms with Crippen LogP contribution in [0.15, 0.2) is 24.3 Å². The molecule has 5 nitrogen and oxygen atoms in total. The van der Waals surface area contributed by atoms with Gasteiger partial charge in [-0.15, -0.1) is 0 Å². The number of nitrogens with one attached hydrogen (secondary N) is 1. The molecule has 0 aromatic heterocycles. The van der Waals surface area contributed by atoms with E-state index in [-0.39, 0.29) is 12.5 Å². The third kappa shape index (κ3) is 4.79. The number of nitrogens with zero attached hydrogens (tertiary/aromatic N) is 1. The van der Waals surface area contributed by atoms with E-state index in [0.717, 1.165) is 12.6 Å². The maximum Gasteiger partial charge on any atom is 0.257 e. The largest absolute Gasteiger partial charge is 0.484 e. The monoisotopic (exact) mass is 263 g/mol. The highest BCUT2D eigenvalue weighted by molar-refractivity contribution is 5.77. The van der Waals surface area contributed by atoms with Gasteiger partial charge in [0.05, 0.1) is 0 Å². The summed E-state index contributed by atoms with van der Waals surface area (Å²) >= 11 is 0. The van der Waals surface area contributed by atoms with E-state index in [9.17, 15) is 4.79 Å². The quantitative estimate of drug-likeness (QED) is 0.716. The van der Waals surface area contributed by atoms with Crippen LogP contribution in [0.3, 0.4) is 0 Å². The SMILES string of the molecule is CN(CCNC(=O)COc1ccc(N)cc1)C1CC1. The van der Waals surface area contributed by atoms with E-state index in [1.54, 1.807) is 24.3 Å². The molecule has 1 fully saturated rings. The molecule has 0 saturated heterocycles. The second kappa shape index (κ2) is 6.43. The van der Waals surface area contributed by atoms with Gasteiger partial charge in [0.15, 0.2) is 6.61 Å². The highest BCUT2D eigenvalue weighted by Gasteiger charge is 2.25. The van der Waals surface area contributed by atoms with Gasteiger partial charge in [-0.25, -0.2) is 0 Å². The average Bonchev–Trinajstić information content (AvgIpc) is 3.22. The van der Waals surface area contributed by atoms with E-state index in [2.05, 4.69) is 17.3 Å². The number of benzene rings is 1. The van der Waals surface area contributed by atoms with Gasteiger partial charge in [-0.1, -0.05) is 0 Å². The van der Waals surface area contributed by atoms with Gasteiger partial charge in [-0.3, -0.25) is 4.79 Å². The fourth-order valence-electron chi connectivity index (χ4n) is 1.83. The van der Waals surface area contributed by atoms with Crippen molar-refractivity contribution in [1.82, 2.24) is 10.2 Å². The van der Waals surface area contributed by atoms with Crippen molar-refractivity contribution < 1.29 is 9.53 Å². The second-order valence-corrected chi connectivity index (χ2v) is 4.92.